The molecule has 4 fully saturated rings. The molecule has 29 heteroatoms. The molecule has 11 rings (SSSR count). The van der Waals surface area contributed by atoms with Gasteiger partial charge in [-0.15, -0.1) is 0 Å². The van der Waals surface area contributed by atoms with Crippen LogP contribution in [0.5, 0.6) is 0 Å². The van der Waals surface area contributed by atoms with Crippen LogP contribution in [0.3, 0.4) is 0 Å². The van der Waals surface area contributed by atoms with Crippen LogP contribution in [0.2, 0.25) is 0 Å². The fraction of sp³-hybridized carbons (Fsp3) is 0.400. The van der Waals surface area contributed by atoms with Gasteiger partial charge in [-0.25, -0.2) is 9.59 Å². The smallest absolute Gasteiger partial charge is 0.338 e. The van der Waals surface area contributed by atoms with Crippen molar-refractivity contribution in [2.24, 2.45) is 5.92 Å². The van der Waals surface area contributed by atoms with Crippen molar-refractivity contribution < 1.29 is 114 Å². The average Bonchev–Trinajstić information content (AvgIpc) is 1.14. The molecule has 4 amide bonds. The lowest BCUT2D eigenvalue weighted by Crippen LogP contribution is -2.68. The highest BCUT2D eigenvalue weighted by Gasteiger charge is 2.58. The summed E-state index contributed by atoms with van der Waals surface area (Å²) in [4.78, 5) is 79.5. The summed E-state index contributed by atoms with van der Waals surface area (Å²) in [7, 11) is -3.62. The predicted octanol–water partition coefficient (Wildman–Crippen LogP) is 5.39. The number of hydrogen-bond donors (Lipinski definition) is 7. The number of carbonyl (C=O) groups is 6. The van der Waals surface area contributed by atoms with Crippen LogP contribution >= 0.6 is 0 Å². The Bertz CT molecular complexity index is 4120. The van der Waals surface area contributed by atoms with Gasteiger partial charge in [0, 0.05) is 19.2 Å². The van der Waals surface area contributed by atoms with Crippen molar-refractivity contribution >= 4 is 45.7 Å². The largest absolute Gasteiger partial charge is 0.450 e. The zero-order valence-corrected chi connectivity index (χ0v) is 60.6. The molecule has 109 heavy (non-hydrogen) atoms. The summed E-state index contributed by atoms with van der Waals surface area (Å²) in [5, 5.41) is 46.0. The molecule has 7 aromatic rings. The Morgan fingerprint density at radius 2 is 0.853 bits per heavy atom. The summed E-state index contributed by atoms with van der Waals surface area (Å²) >= 11 is 0. The minimum absolute atomic E-state index is 0.0134. The van der Waals surface area contributed by atoms with Crippen LogP contribution in [0.4, 0.5) is 0 Å². The van der Waals surface area contributed by atoms with E-state index in [4.69, 9.17) is 61.0 Å². The van der Waals surface area contributed by atoms with Gasteiger partial charge in [0.25, 0.3) is 16.0 Å². The predicted molar refractivity (Wildman–Crippen MR) is 387 cm³/mol. The van der Waals surface area contributed by atoms with Gasteiger partial charge in [-0.3, -0.25) is 23.4 Å². The van der Waals surface area contributed by atoms with E-state index in [1.807, 2.05) is 91.0 Å². The van der Waals surface area contributed by atoms with E-state index in [2.05, 4.69) is 21.3 Å². The van der Waals surface area contributed by atoms with Crippen molar-refractivity contribution in [1.29, 1.82) is 0 Å². The molecular formula is C80H90N4O24S. The molecule has 3 heterocycles. The molecule has 4 aliphatic rings. The SMILES string of the molecule is CO[C@H]1O[C@H](COS(=O)(=O)c2ccc(C(=O)NCC(=O)NCC(=O)NCC(=O)NCC3CCCC3)cc2)[C@@H](O)[C@H](O[C@@H]2O[C@H](CO)[C@@H](OCc3ccccc3)[C@H](O[C@@H]3O[C@H](COCc4ccccc4)[C@@H](OCc4ccccc4)[C@H](OCc4ccccc4)[C@H]3OC(=O)c3ccccc3)[C@H]2OC(=O)c2ccccc2)[C@H]1O. The summed E-state index contributed by atoms with van der Waals surface area (Å²) in [6.07, 6.45) is -20.6. The van der Waals surface area contributed by atoms with Crippen molar-refractivity contribution in [3.05, 3.63) is 245 Å². The molecular weight excluding hydrogens is 1430 g/mol. The van der Waals surface area contributed by atoms with Crippen LogP contribution in [0.25, 0.3) is 0 Å². The van der Waals surface area contributed by atoms with Gasteiger partial charge < -0.3 is 93.4 Å². The Morgan fingerprint density at radius 1 is 0.431 bits per heavy atom. The van der Waals surface area contributed by atoms with Crippen molar-refractivity contribution in [1.82, 2.24) is 21.3 Å². The quantitative estimate of drug-likeness (QED) is 0.0191. The first kappa shape index (κ1) is 80.8. The molecule has 7 aromatic carbocycles. The number of hydrogen-bond acceptors (Lipinski definition) is 24. The number of methoxy groups -OCH3 is 1. The Labute approximate surface area is 630 Å². The molecule has 1 aliphatic carbocycles. The topological polar surface area (TPSA) is 365 Å². The van der Waals surface area contributed by atoms with Crippen LogP contribution < -0.4 is 21.3 Å². The van der Waals surface area contributed by atoms with Gasteiger partial charge in [0.2, 0.25) is 17.7 Å². The van der Waals surface area contributed by atoms with Crippen LogP contribution in [0, 0.1) is 5.92 Å². The standard InChI is InChI=1S/C80H90N4O24S/c1-96-78-67(90)70(66(89)61(103-78)50-101-109(94,95)59-38-36-56(37-39-59)75(91)84-43-65(88)83-42-64(87)82-41-63(86)81-40-51-22-20-21-23-51)107-80-74(106-77(93)58-34-18-7-19-35-58)72(68(60(44-85)102-80)98-46-53-26-10-3-11-27-53)108-79-73(105-76(92)57-32-16-6-17-33-57)71(100-48-55-30-14-5-15-31-55)69(99-47-54-28-12-4-13-29-54)62(104-79)49-97-45-52-24-8-2-9-25-52/h2-19,24-39,51,60-62,66-74,78-80,85,89-90H,20-23,40-50H2,1H3,(H,81,86)(H,82,87)(H,83,88)(H,84,91)/t60-,61-,62-,66-,67-,68-,69-,70+,71+,72+,73-,74-,78+,79+,80+/m1/s1. The molecule has 0 unspecified atom stereocenters. The molecule has 3 aliphatic heterocycles. The molecule has 0 spiro atoms. The minimum Gasteiger partial charge on any atom is -0.450 e. The fourth-order valence-electron chi connectivity index (χ4n) is 12.9. The van der Waals surface area contributed by atoms with Gasteiger partial charge in [-0.1, -0.05) is 171 Å². The van der Waals surface area contributed by atoms with E-state index in [-0.39, 0.29) is 62.2 Å². The second-order valence-electron chi connectivity index (χ2n) is 26.4. The molecule has 0 bridgehead atoms. The molecule has 0 radical (unpaired) electrons. The lowest BCUT2D eigenvalue weighted by molar-refractivity contribution is -0.384. The summed E-state index contributed by atoms with van der Waals surface area (Å²) in [5.74, 6) is -3.91. The van der Waals surface area contributed by atoms with Crippen molar-refractivity contribution in [3.8, 4) is 0 Å². The monoisotopic (exact) mass is 1520 g/mol. The van der Waals surface area contributed by atoms with E-state index in [0.717, 1.165) is 73.7 Å². The van der Waals surface area contributed by atoms with E-state index >= 15 is 0 Å². The van der Waals surface area contributed by atoms with Crippen LogP contribution in [-0.4, -0.2) is 205 Å². The van der Waals surface area contributed by atoms with E-state index in [1.54, 1.807) is 78.9 Å². The maximum Gasteiger partial charge on any atom is 0.338 e. The third kappa shape index (κ3) is 22.9. The summed E-state index contributed by atoms with van der Waals surface area (Å²) in [5.41, 5.74) is 3.06. The number of benzene rings is 7. The van der Waals surface area contributed by atoms with Gasteiger partial charge in [-0.05, 0) is 89.5 Å². The Kier molecular flexibility index (Phi) is 30.0. The van der Waals surface area contributed by atoms with Crippen LogP contribution in [-0.2, 0) is 112 Å². The van der Waals surface area contributed by atoms with Gasteiger partial charge in [-0.2, -0.15) is 8.42 Å². The van der Waals surface area contributed by atoms with E-state index in [9.17, 15) is 52.5 Å². The van der Waals surface area contributed by atoms with Gasteiger partial charge >= 0.3 is 11.9 Å². The lowest BCUT2D eigenvalue weighted by atomic mass is 9.95. The molecule has 3 saturated heterocycles. The van der Waals surface area contributed by atoms with Gasteiger partial charge in [0.1, 0.15) is 61.0 Å². The van der Waals surface area contributed by atoms with Gasteiger partial charge in [0.05, 0.1) is 81.9 Å². The normalized spacial score (nSPS) is 24.9. The second kappa shape index (κ2) is 40.4. The highest BCUT2D eigenvalue weighted by molar-refractivity contribution is 7.86. The first-order valence-corrected chi connectivity index (χ1v) is 37.4. The zero-order chi connectivity index (χ0) is 76.5. The summed E-state index contributed by atoms with van der Waals surface area (Å²) in [6, 6.07) is 57.3. The van der Waals surface area contributed by atoms with E-state index < -0.39 is 163 Å². The summed E-state index contributed by atoms with van der Waals surface area (Å²) < 4.78 is 113. The third-order valence-electron chi connectivity index (χ3n) is 18.7. The third-order valence-corrected chi connectivity index (χ3v) is 20.0. The second-order valence-corrected chi connectivity index (χ2v) is 28.1. The number of aliphatic hydroxyl groups excluding tert-OH is 3. The Balaban J connectivity index is 0.870. The lowest BCUT2D eigenvalue weighted by Gasteiger charge is -2.50. The highest BCUT2D eigenvalue weighted by atomic mass is 32.2. The number of amides is 4. The number of ether oxygens (including phenoxy) is 12. The molecule has 580 valence electrons. The molecule has 28 nitrogen and oxygen atoms in total. The van der Waals surface area contributed by atoms with Crippen molar-refractivity contribution in [2.45, 2.75) is 149 Å². The fourth-order valence-corrected chi connectivity index (χ4v) is 13.9. The molecule has 7 N–H and O–H groups in total. The van der Waals surface area contributed by atoms with Crippen LogP contribution in [0.1, 0.15) is 79.0 Å². The first-order chi connectivity index (χ1) is 53.0. The highest BCUT2D eigenvalue weighted by Crippen LogP contribution is 2.39. The number of aliphatic hydroxyl groups is 3. The zero-order valence-electron chi connectivity index (χ0n) is 59.8. The Hall–Kier alpha value is -9.25. The van der Waals surface area contributed by atoms with Crippen molar-refractivity contribution in [3.63, 3.8) is 0 Å². The number of nitrogens with one attached hydrogen (secondary N) is 4. The maximum atomic E-state index is 14.9. The number of rotatable bonds is 36. The van der Waals surface area contributed by atoms with Crippen molar-refractivity contribution in [2.75, 3.05) is 53.1 Å². The molecule has 1 saturated carbocycles. The average molecular weight is 1520 g/mol. The molecule has 0 aromatic heterocycles. The Morgan fingerprint density at radius 3 is 1.35 bits per heavy atom. The number of esters is 2. The van der Waals surface area contributed by atoms with Crippen LogP contribution in [0.15, 0.2) is 211 Å². The summed E-state index contributed by atoms with van der Waals surface area (Å²) in [6.45, 7) is -2.90. The maximum absolute atomic E-state index is 14.9. The molecule has 15 atom stereocenters. The number of carbonyl (C=O) groups excluding carboxylic acids is 6. The first-order valence-electron chi connectivity index (χ1n) is 36.0. The minimum atomic E-state index is -4.77. The van der Waals surface area contributed by atoms with E-state index in [0.29, 0.717) is 18.0 Å². The van der Waals surface area contributed by atoms with Gasteiger partial charge in [0.15, 0.2) is 31.1 Å². The van der Waals surface area contributed by atoms with E-state index in [1.165, 1.54) is 12.1 Å².